The predicted molar refractivity (Wildman–Crippen MR) is 86.6 cm³/mol. The van der Waals surface area contributed by atoms with Gasteiger partial charge in [0.15, 0.2) is 0 Å². The zero-order valence-electron chi connectivity index (χ0n) is 12.6. The largest absolute Gasteiger partial charge is 0.321 e. The average molecular weight is 319 g/mol. The van der Waals surface area contributed by atoms with Crippen LogP contribution in [0.1, 0.15) is 15.9 Å². The summed E-state index contributed by atoms with van der Waals surface area (Å²) in [5.74, 6) is -0.273. The lowest BCUT2D eigenvalue weighted by molar-refractivity contribution is 0.102. The first kappa shape index (κ1) is 16.0. The molecular formula is C15H17N3O3S. The summed E-state index contributed by atoms with van der Waals surface area (Å²) < 4.78 is 24.4. The molecule has 0 bridgehead atoms. The normalized spacial score (nSPS) is 11.0. The molecule has 0 aliphatic carbocycles. The Morgan fingerprint density at radius 1 is 1.27 bits per heavy atom. The number of carbonyl (C=O) groups excluding carboxylic acids is 1. The first-order chi connectivity index (χ1) is 10.3. The van der Waals surface area contributed by atoms with Crippen molar-refractivity contribution in [2.75, 3.05) is 22.9 Å². The Labute approximate surface area is 129 Å². The molecule has 22 heavy (non-hydrogen) atoms. The van der Waals surface area contributed by atoms with Crippen LogP contribution in [0.4, 0.5) is 11.4 Å². The molecule has 0 saturated carbocycles. The van der Waals surface area contributed by atoms with Gasteiger partial charge in [-0.25, -0.2) is 8.42 Å². The van der Waals surface area contributed by atoms with Gasteiger partial charge in [0.05, 0.1) is 23.8 Å². The van der Waals surface area contributed by atoms with E-state index in [1.54, 1.807) is 49.6 Å². The third-order valence-corrected chi connectivity index (χ3v) is 4.41. The fraction of sp³-hybridized carbons (Fsp3) is 0.200. The molecule has 0 spiro atoms. The van der Waals surface area contributed by atoms with Crippen LogP contribution in [0.5, 0.6) is 0 Å². The van der Waals surface area contributed by atoms with Crippen LogP contribution in [0, 0.1) is 6.92 Å². The van der Waals surface area contributed by atoms with E-state index in [1.165, 1.54) is 11.4 Å². The number of hydrogen-bond donors (Lipinski definition) is 1. The molecule has 6 nitrogen and oxygen atoms in total. The quantitative estimate of drug-likeness (QED) is 0.935. The van der Waals surface area contributed by atoms with E-state index in [9.17, 15) is 13.2 Å². The van der Waals surface area contributed by atoms with E-state index >= 15 is 0 Å². The van der Waals surface area contributed by atoms with Gasteiger partial charge in [-0.3, -0.25) is 14.1 Å². The highest BCUT2D eigenvalue weighted by Gasteiger charge is 2.15. The van der Waals surface area contributed by atoms with Crippen LogP contribution in [0.25, 0.3) is 0 Å². The maximum atomic E-state index is 12.2. The Morgan fingerprint density at radius 2 is 2.00 bits per heavy atom. The number of anilines is 2. The van der Waals surface area contributed by atoms with E-state index in [1.807, 2.05) is 0 Å². The summed E-state index contributed by atoms with van der Waals surface area (Å²) in [4.78, 5) is 16.1. The number of hydrogen-bond acceptors (Lipinski definition) is 4. The molecule has 1 aromatic carbocycles. The number of aryl methyl sites for hydroxylation is 1. The fourth-order valence-electron chi connectivity index (χ4n) is 1.97. The van der Waals surface area contributed by atoms with Crippen molar-refractivity contribution in [3.05, 3.63) is 53.9 Å². The molecule has 0 atom stereocenters. The van der Waals surface area contributed by atoms with E-state index in [-0.39, 0.29) is 5.91 Å². The third-order valence-electron chi connectivity index (χ3n) is 3.22. The van der Waals surface area contributed by atoms with Gasteiger partial charge in [0.25, 0.3) is 5.91 Å². The average Bonchev–Trinajstić information content (AvgIpc) is 2.46. The molecular weight excluding hydrogens is 302 g/mol. The van der Waals surface area contributed by atoms with Crippen LogP contribution in [0.3, 0.4) is 0 Å². The Kier molecular flexibility index (Phi) is 4.46. The van der Waals surface area contributed by atoms with Crippen LogP contribution in [-0.4, -0.2) is 32.6 Å². The molecule has 1 amide bonds. The number of rotatable bonds is 4. The Balaban J connectivity index is 2.24. The van der Waals surface area contributed by atoms with Gasteiger partial charge in [-0.15, -0.1) is 0 Å². The maximum absolute atomic E-state index is 12.2. The highest BCUT2D eigenvalue weighted by Crippen LogP contribution is 2.22. The molecule has 7 heteroatoms. The number of amides is 1. The Morgan fingerprint density at radius 3 is 2.55 bits per heavy atom. The number of benzene rings is 1. The lowest BCUT2D eigenvalue weighted by atomic mass is 10.1. The van der Waals surface area contributed by atoms with Crippen molar-refractivity contribution in [3.8, 4) is 0 Å². The van der Waals surface area contributed by atoms with Gasteiger partial charge in [-0.05, 0) is 42.8 Å². The molecule has 1 heterocycles. The van der Waals surface area contributed by atoms with Gasteiger partial charge in [-0.2, -0.15) is 0 Å². The Hall–Kier alpha value is -2.41. The summed E-state index contributed by atoms with van der Waals surface area (Å²) in [6.07, 6.45) is 4.31. The van der Waals surface area contributed by atoms with Gasteiger partial charge in [0, 0.05) is 18.8 Å². The van der Waals surface area contributed by atoms with Crippen molar-refractivity contribution < 1.29 is 13.2 Å². The van der Waals surface area contributed by atoms with Gasteiger partial charge >= 0.3 is 0 Å². The van der Waals surface area contributed by atoms with E-state index in [4.69, 9.17) is 0 Å². The number of nitrogens with one attached hydrogen (secondary N) is 1. The summed E-state index contributed by atoms with van der Waals surface area (Å²) in [5, 5.41) is 2.73. The van der Waals surface area contributed by atoms with Crippen LogP contribution in [0.2, 0.25) is 0 Å². The lowest BCUT2D eigenvalue weighted by Gasteiger charge is -2.19. The van der Waals surface area contributed by atoms with Gasteiger partial charge in [-0.1, -0.05) is 0 Å². The Bertz CT molecular complexity index is 789. The summed E-state index contributed by atoms with van der Waals surface area (Å²) in [6.45, 7) is 1.76. The van der Waals surface area contributed by atoms with E-state index in [2.05, 4.69) is 10.3 Å². The number of carbonyl (C=O) groups is 1. The second-order valence-corrected chi connectivity index (χ2v) is 6.94. The molecule has 2 rings (SSSR count). The van der Waals surface area contributed by atoms with E-state index < -0.39 is 10.0 Å². The standard InChI is InChI=1S/C15H17N3O3S/c1-11-9-12(6-7-14(11)18(2)22(3,20)21)15(19)17-13-5-4-8-16-10-13/h4-10H,1-3H3,(H,17,19). The first-order valence-electron chi connectivity index (χ1n) is 6.55. The molecule has 0 aliphatic heterocycles. The molecule has 0 unspecified atom stereocenters. The molecule has 1 aromatic heterocycles. The van der Waals surface area contributed by atoms with Crippen LogP contribution < -0.4 is 9.62 Å². The van der Waals surface area contributed by atoms with Crippen molar-refractivity contribution in [1.29, 1.82) is 0 Å². The number of nitrogens with zero attached hydrogens (tertiary/aromatic N) is 2. The lowest BCUT2D eigenvalue weighted by Crippen LogP contribution is -2.25. The second kappa shape index (κ2) is 6.15. The highest BCUT2D eigenvalue weighted by molar-refractivity contribution is 7.92. The summed E-state index contributed by atoms with van der Waals surface area (Å²) in [7, 11) is -1.86. The summed E-state index contributed by atoms with van der Waals surface area (Å²) >= 11 is 0. The molecule has 2 aromatic rings. The molecule has 116 valence electrons. The fourth-order valence-corrected chi connectivity index (χ4v) is 2.53. The highest BCUT2D eigenvalue weighted by atomic mass is 32.2. The SMILES string of the molecule is Cc1cc(C(=O)Nc2cccnc2)ccc1N(C)S(C)(=O)=O. The first-order valence-corrected chi connectivity index (χ1v) is 8.40. The zero-order chi connectivity index (χ0) is 16.3. The summed E-state index contributed by atoms with van der Waals surface area (Å²) in [5.41, 5.74) is 2.29. The molecule has 0 aliphatic rings. The number of aromatic nitrogens is 1. The molecule has 0 saturated heterocycles. The number of pyridine rings is 1. The molecule has 1 N–H and O–H groups in total. The van der Waals surface area contributed by atoms with Crippen molar-refractivity contribution in [1.82, 2.24) is 4.98 Å². The van der Waals surface area contributed by atoms with Crippen molar-refractivity contribution in [2.24, 2.45) is 0 Å². The van der Waals surface area contributed by atoms with E-state index in [0.29, 0.717) is 22.5 Å². The predicted octanol–water partition coefficient (Wildman–Crippen LogP) is 2.04. The van der Waals surface area contributed by atoms with Crippen LogP contribution in [-0.2, 0) is 10.0 Å². The van der Waals surface area contributed by atoms with Crippen molar-refractivity contribution in [2.45, 2.75) is 6.92 Å². The third kappa shape index (κ3) is 3.62. The smallest absolute Gasteiger partial charge is 0.255 e. The zero-order valence-corrected chi connectivity index (χ0v) is 13.4. The topological polar surface area (TPSA) is 79.4 Å². The van der Waals surface area contributed by atoms with Gasteiger partial charge < -0.3 is 5.32 Å². The second-order valence-electron chi connectivity index (χ2n) is 4.93. The van der Waals surface area contributed by atoms with Gasteiger partial charge in [0.2, 0.25) is 10.0 Å². The minimum Gasteiger partial charge on any atom is -0.321 e. The summed E-state index contributed by atoms with van der Waals surface area (Å²) in [6, 6.07) is 8.33. The molecule has 0 radical (unpaired) electrons. The minimum absolute atomic E-state index is 0.273. The maximum Gasteiger partial charge on any atom is 0.255 e. The minimum atomic E-state index is -3.34. The van der Waals surface area contributed by atoms with Crippen molar-refractivity contribution in [3.63, 3.8) is 0 Å². The monoisotopic (exact) mass is 319 g/mol. The van der Waals surface area contributed by atoms with Gasteiger partial charge in [0.1, 0.15) is 0 Å². The van der Waals surface area contributed by atoms with Crippen LogP contribution >= 0.6 is 0 Å². The van der Waals surface area contributed by atoms with Crippen LogP contribution in [0.15, 0.2) is 42.7 Å². The van der Waals surface area contributed by atoms with E-state index in [0.717, 1.165) is 6.26 Å². The number of sulfonamides is 1. The molecule has 0 fully saturated rings. The van der Waals surface area contributed by atoms with Crippen molar-refractivity contribution >= 4 is 27.3 Å².